The first-order valence-corrected chi connectivity index (χ1v) is 8.17. The molecule has 2 fully saturated rings. The molecule has 0 saturated carbocycles. The summed E-state index contributed by atoms with van der Waals surface area (Å²) in [5.74, 6) is 2.26. The minimum atomic E-state index is 0.669. The van der Waals surface area contributed by atoms with E-state index in [1.165, 1.54) is 25.9 Å². The van der Waals surface area contributed by atoms with E-state index in [2.05, 4.69) is 37.9 Å². The van der Waals surface area contributed by atoms with Gasteiger partial charge >= 0.3 is 0 Å². The van der Waals surface area contributed by atoms with E-state index in [1.807, 2.05) is 0 Å². The molecule has 0 radical (unpaired) electrons. The molecule has 2 aliphatic heterocycles. The fourth-order valence-electron chi connectivity index (χ4n) is 3.45. The van der Waals surface area contributed by atoms with E-state index in [1.54, 1.807) is 0 Å². The highest BCUT2D eigenvalue weighted by atomic mass is 16.5. The number of piperazine rings is 1. The van der Waals surface area contributed by atoms with Crippen molar-refractivity contribution < 1.29 is 4.74 Å². The Hall–Kier alpha value is -0.120. The zero-order valence-electron chi connectivity index (χ0n) is 13.2. The Morgan fingerprint density at radius 3 is 2.68 bits per heavy atom. The van der Waals surface area contributed by atoms with E-state index in [0.29, 0.717) is 12.1 Å². The molecule has 2 heterocycles. The molecule has 3 nitrogen and oxygen atoms in total. The highest BCUT2D eigenvalue weighted by Crippen LogP contribution is 2.23. The maximum Gasteiger partial charge on any atom is 0.0507 e. The molecule has 2 saturated heterocycles. The number of nitrogens with zero attached hydrogens (tertiary/aromatic N) is 1. The quantitative estimate of drug-likeness (QED) is 0.828. The molecule has 0 aromatic rings. The highest BCUT2D eigenvalue weighted by Gasteiger charge is 2.33. The third kappa shape index (κ3) is 3.93. The van der Waals surface area contributed by atoms with Gasteiger partial charge in [0, 0.05) is 38.3 Å². The molecule has 19 heavy (non-hydrogen) atoms. The zero-order chi connectivity index (χ0) is 13.8. The average molecular weight is 268 g/mol. The fraction of sp³-hybridized carbons (Fsp3) is 1.00. The number of nitrogens with one attached hydrogen (secondary N) is 1. The molecule has 2 rings (SSSR count). The van der Waals surface area contributed by atoms with Gasteiger partial charge in [-0.2, -0.15) is 0 Å². The van der Waals surface area contributed by atoms with Gasteiger partial charge in [0.25, 0.3) is 0 Å². The zero-order valence-corrected chi connectivity index (χ0v) is 13.2. The Morgan fingerprint density at radius 1 is 1.32 bits per heavy atom. The monoisotopic (exact) mass is 268 g/mol. The fourth-order valence-corrected chi connectivity index (χ4v) is 3.45. The second kappa shape index (κ2) is 7.05. The van der Waals surface area contributed by atoms with E-state index in [-0.39, 0.29) is 0 Å². The smallest absolute Gasteiger partial charge is 0.0507 e. The molecule has 0 aromatic carbocycles. The second-order valence-corrected chi connectivity index (χ2v) is 6.90. The van der Waals surface area contributed by atoms with E-state index in [4.69, 9.17) is 4.74 Å². The van der Waals surface area contributed by atoms with Crippen molar-refractivity contribution in [1.82, 2.24) is 10.2 Å². The van der Waals surface area contributed by atoms with Crippen LogP contribution >= 0.6 is 0 Å². The van der Waals surface area contributed by atoms with Crippen LogP contribution in [0.4, 0.5) is 0 Å². The minimum absolute atomic E-state index is 0.669. The first-order valence-electron chi connectivity index (χ1n) is 8.17. The van der Waals surface area contributed by atoms with Crippen molar-refractivity contribution in [3.8, 4) is 0 Å². The number of rotatable bonds is 5. The van der Waals surface area contributed by atoms with Gasteiger partial charge in [-0.15, -0.1) is 0 Å². The van der Waals surface area contributed by atoms with Crippen LogP contribution in [0.1, 0.15) is 40.5 Å². The lowest BCUT2D eigenvalue weighted by Gasteiger charge is -2.45. The van der Waals surface area contributed by atoms with Crippen molar-refractivity contribution in [3.05, 3.63) is 0 Å². The van der Waals surface area contributed by atoms with Gasteiger partial charge in [-0.05, 0) is 24.2 Å². The van der Waals surface area contributed by atoms with Gasteiger partial charge in [0.15, 0.2) is 0 Å². The molecule has 0 spiro atoms. The van der Waals surface area contributed by atoms with E-state index < -0.39 is 0 Å². The topological polar surface area (TPSA) is 24.5 Å². The standard InChI is InChI=1S/C16H32N2O/c1-5-13(4)15-10-18(9-14-6-7-19-11-14)16(8-17-15)12(2)3/h12-17H,5-11H2,1-4H3. The molecule has 4 unspecified atom stereocenters. The summed E-state index contributed by atoms with van der Waals surface area (Å²) in [5.41, 5.74) is 0. The molecule has 112 valence electrons. The number of hydrogen-bond acceptors (Lipinski definition) is 3. The summed E-state index contributed by atoms with van der Waals surface area (Å²) in [6.45, 7) is 14.9. The van der Waals surface area contributed by atoms with Gasteiger partial charge in [0.05, 0.1) is 6.61 Å². The van der Waals surface area contributed by atoms with Gasteiger partial charge in [-0.1, -0.05) is 34.1 Å². The van der Waals surface area contributed by atoms with Crippen molar-refractivity contribution in [2.75, 3.05) is 32.8 Å². The molecule has 0 amide bonds. The summed E-state index contributed by atoms with van der Waals surface area (Å²) < 4.78 is 5.55. The first-order chi connectivity index (χ1) is 9.11. The summed E-state index contributed by atoms with van der Waals surface area (Å²) in [6.07, 6.45) is 2.52. The molecule has 0 aliphatic carbocycles. The summed E-state index contributed by atoms with van der Waals surface area (Å²) in [5, 5.41) is 3.78. The molecule has 1 N–H and O–H groups in total. The summed E-state index contributed by atoms with van der Waals surface area (Å²) in [7, 11) is 0. The Kier molecular flexibility index (Phi) is 5.67. The molecule has 0 aromatic heterocycles. The first kappa shape index (κ1) is 15.3. The Labute approximate surface area is 119 Å². The number of hydrogen-bond donors (Lipinski definition) is 1. The van der Waals surface area contributed by atoms with Crippen molar-refractivity contribution >= 4 is 0 Å². The van der Waals surface area contributed by atoms with Crippen LogP contribution in [0.25, 0.3) is 0 Å². The maximum absolute atomic E-state index is 5.55. The van der Waals surface area contributed by atoms with Crippen LogP contribution in [0.3, 0.4) is 0 Å². The van der Waals surface area contributed by atoms with Gasteiger partial charge in [-0.3, -0.25) is 4.90 Å². The van der Waals surface area contributed by atoms with Gasteiger partial charge in [-0.25, -0.2) is 0 Å². The molecule has 0 bridgehead atoms. The lowest BCUT2D eigenvalue weighted by molar-refractivity contribution is 0.0638. The summed E-state index contributed by atoms with van der Waals surface area (Å²) in [6, 6.07) is 1.36. The van der Waals surface area contributed by atoms with E-state index in [0.717, 1.165) is 37.5 Å². The third-order valence-corrected chi connectivity index (χ3v) is 5.11. The van der Waals surface area contributed by atoms with Gasteiger partial charge in [0.1, 0.15) is 0 Å². The third-order valence-electron chi connectivity index (χ3n) is 5.11. The highest BCUT2D eigenvalue weighted by molar-refractivity contribution is 4.90. The largest absolute Gasteiger partial charge is 0.381 e. The Morgan fingerprint density at radius 2 is 2.11 bits per heavy atom. The Balaban J connectivity index is 1.95. The van der Waals surface area contributed by atoms with Gasteiger partial charge in [0.2, 0.25) is 0 Å². The predicted molar refractivity (Wildman–Crippen MR) is 80.4 cm³/mol. The summed E-state index contributed by atoms with van der Waals surface area (Å²) >= 11 is 0. The van der Waals surface area contributed by atoms with Crippen LogP contribution in [-0.4, -0.2) is 49.8 Å². The lowest BCUT2D eigenvalue weighted by Crippen LogP contribution is -2.60. The normalized spacial score (nSPS) is 34.9. The average Bonchev–Trinajstić information content (AvgIpc) is 2.90. The summed E-state index contributed by atoms with van der Waals surface area (Å²) in [4.78, 5) is 2.75. The van der Waals surface area contributed by atoms with Gasteiger partial charge < -0.3 is 10.1 Å². The predicted octanol–water partition coefficient (Wildman–Crippen LogP) is 2.37. The van der Waals surface area contributed by atoms with E-state index in [9.17, 15) is 0 Å². The Bertz CT molecular complexity index is 263. The van der Waals surface area contributed by atoms with Crippen molar-refractivity contribution in [2.24, 2.45) is 17.8 Å². The van der Waals surface area contributed by atoms with Crippen LogP contribution in [0.5, 0.6) is 0 Å². The second-order valence-electron chi connectivity index (χ2n) is 6.90. The lowest BCUT2D eigenvalue weighted by atomic mass is 9.91. The molecule has 3 heteroatoms. The van der Waals surface area contributed by atoms with Crippen LogP contribution < -0.4 is 5.32 Å². The van der Waals surface area contributed by atoms with Crippen molar-refractivity contribution in [1.29, 1.82) is 0 Å². The molecule has 2 aliphatic rings. The van der Waals surface area contributed by atoms with Crippen molar-refractivity contribution in [3.63, 3.8) is 0 Å². The van der Waals surface area contributed by atoms with Crippen molar-refractivity contribution in [2.45, 2.75) is 52.6 Å². The molecular formula is C16H32N2O. The van der Waals surface area contributed by atoms with E-state index >= 15 is 0 Å². The van der Waals surface area contributed by atoms with Crippen LogP contribution in [0.2, 0.25) is 0 Å². The maximum atomic E-state index is 5.55. The molecule has 4 atom stereocenters. The van der Waals surface area contributed by atoms with Crippen LogP contribution in [0.15, 0.2) is 0 Å². The number of ether oxygens (including phenoxy) is 1. The SMILES string of the molecule is CCC(C)C1CN(CC2CCOC2)C(C(C)C)CN1. The van der Waals surface area contributed by atoms with Crippen LogP contribution in [0, 0.1) is 17.8 Å². The molecular weight excluding hydrogens is 236 g/mol. The van der Waals surface area contributed by atoms with Crippen LogP contribution in [-0.2, 0) is 4.74 Å². The minimum Gasteiger partial charge on any atom is -0.381 e.